The predicted molar refractivity (Wildman–Crippen MR) is 52.1 cm³/mol. The number of aromatic nitrogens is 1. The van der Waals surface area contributed by atoms with Crippen molar-refractivity contribution >= 4 is 5.97 Å². The third kappa shape index (κ3) is 1.23. The fraction of sp³-hybridized carbons (Fsp3) is 0.500. The molecule has 4 nitrogen and oxygen atoms in total. The lowest BCUT2D eigenvalue weighted by molar-refractivity contribution is 0.0598. The van der Waals surface area contributed by atoms with Crippen molar-refractivity contribution in [2.24, 2.45) is 0 Å². The molecule has 1 aliphatic heterocycles. The van der Waals surface area contributed by atoms with Gasteiger partial charge in [-0.05, 0) is 6.42 Å². The number of rotatable bonds is 2. The normalized spacial score (nSPS) is 14.1. The van der Waals surface area contributed by atoms with Gasteiger partial charge in [0.1, 0.15) is 0 Å². The van der Waals surface area contributed by atoms with Crippen molar-refractivity contribution in [2.45, 2.75) is 26.4 Å². The van der Waals surface area contributed by atoms with Gasteiger partial charge in [-0.1, -0.05) is 6.92 Å². The molecule has 76 valence electrons. The first-order valence-electron chi connectivity index (χ1n) is 4.79. The Labute approximate surface area is 82.6 Å². The summed E-state index contributed by atoms with van der Waals surface area (Å²) in [5.41, 5.74) is 3.93. The van der Waals surface area contributed by atoms with Gasteiger partial charge in [0.15, 0.2) is 0 Å². The lowest BCUT2D eigenvalue weighted by Gasteiger charge is -2.02. The molecule has 4 heteroatoms. The molecule has 2 N–H and O–H groups in total. The van der Waals surface area contributed by atoms with Gasteiger partial charge in [0.05, 0.1) is 12.7 Å². The zero-order valence-electron chi connectivity index (χ0n) is 8.44. The minimum atomic E-state index is -0.233. The van der Waals surface area contributed by atoms with Gasteiger partial charge in [-0.3, -0.25) is 0 Å². The lowest BCUT2D eigenvalue weighted by Crippen LogP contribution is -2.09. The predicted octanol–water partition coefficient (Wildman–Crippen LogP) is 0.967. The number of carbonyl (C=O) groups excluding carboxylic acids is 1. The SMILES string of the molecule is CCc1[nH]c2c(c1C(=O)OC)CNC2. The first-order valence-corrected chi connectivity index (χ1v) is 4.79. The summed E-state index contributed by atoms with van der Waals surface area (Å²) >= 11 is 0. The zero-order valence-corrected chi connectivity index (χ0v) is 8.44. The average molecular weight is 194 g/mol. The van der Waals surface area contributed by atoms with E-state index in [1.807, 2.05) is 6.92 Å². The molecular formula is C10H14N2O2. The zero-order chi connectivity index (χ0) is 10.1. The number of nitrogens with one attached hydrogen (secondary N) is 2. The first-order chi connectivity index (χ1) is 6.77. The number of aromatic amines is 1. The Balaban J connectivity index is 2.49. The largest absolute Gasteiger partial charge is 0.465 e. The highest BCUT2D eigenvalue weighted by molar-refractivity contribution is 5.93. The second kappa shape index (κ2) is 3.46. The molecule has 0 unspecified atom stereocenters. The maximum atomic E-state index is 11.5. The van der Waals surface area contributed by atoms with Crippen LogP contribution in [0.25, 0.3) is 0 Å². The second-order valence-electron chi connectivity index (χ2n) is 3.38. The molecule has 1 aromatic heterocycles. The third-order valence-corrected chi connectivity index (χ3v) is 2.62. The molecule has 0 aromatic carbocycles. The molecule has 0 saturated carbocycles. The number of H-pyrrole nitrogens is 1. The number of aryl methyl sites for hydroxylation is 1. The van der Waals surface area contributed by atoms with Gasteiger partial charge in [0.2, 0.25) is 0 Å². The Bertz CT molecular complexity index is 368. The minimum Gasteiger partial charge on any atom is -0.465 e. The molecule has 0 bridgehead atoms. The van der Waals surface area contributed by atoms with E-state index in [9.17, 15) is 4.79 Å². The Morgan fingerprint density at radius 3 is 2.93 bits per heavy atom. The van der Waals surface area contributed by atoms with Gasteiger partial charge in [-0.25, -0.2) is 4.79 Å². The van der Waals surface area contributed by atoms with E-state index in [2.05, 4.69) is 10.3 Å². The number of ether oxygens (including phenoxy) is 1. The fourth-order valence-electron chi connectivity index (χ4n) is 1.93. The number of carbonyl (C=O) groups is 1. The maximum Gasteiger partial charge on any atom is 0.340 e. The van der Waals surface area contributed by atoms with E-state index in [4.69, 9.17) is 4.74 Å². The van der Waals surface area contributed by atoms with Crippen molar-refractivity contribution in [3.8, 4) is 0 Å². The lowest BCUT2D eigenvalue weighted by atomic mass is 10.1. The van der Waals surface area contributed by atoms with Crippen LogP contribution in [0.15, 0.2) is 0 Å². The summed E-state index contributed by atoms with van der Waals surface area (Å²) in [6.07, 6.45) is 0.831. The van der Waals surface area contributed by atoms with E-state index in [0.717, 1.165) is 42.0 Å². The molecule has 1 aliphatic rings. The van der Waals surface area contributed by atoms with Gasteiger partial charge in [-0.2, -0.15) is 0 Å². The Morgan fingerprint density at radius 2 is 2.29 bits per heavy atom. The van der Waals surface area contributed by atoms with Gasteiger partial charge >= 0.3 is 5.97 Å². The molecule has 0 atom stereocenters. The summed E-state index contributed by atoms with van der Waals surface area (Å²) in [6, 6.07) is 0. The molecule has 0 radical (unpaired) electrons. The number of esters is 1. The van der Waals surface area contributed by atoms with Crippen molar-refractivity contribution in [2.75, 3.05) is 7.11 Å². The van der Waals surface area contributed by atoms with Gasteiger partial charge in [-0.15, -0.1) is 0 Å². The fourth-order valence-corrected chi connectivity index (χ4v) is 1.93. The van der Waals surface area contributed by atoms with Crippen molar-refractivity contribution < 1.29 is 9.53 Å². The second-order valence-corrected chi connectivity index (χ2v) is 3.38. The number of methoxy groups -OCH3 is 1. The van der Waals surface area contributed by atoms with E-state index < -0.39 is 0 Å². The Kier molecular flexibility index (Phi) is 2.29. The summed E-state index contributed by atoms with van der Waals surface area (Å²) in [5.74, 6) is -0.233. The smallest absolute Gasteiger partial charge is 0.340 e. The van der Waals surface area contributed by atoms with Crippen LogP contribution in [-0.4, -0.2) is 18.1 Å². The molecule has 0 spiro atoms. The molecule has 14 heavy (non-hydrogen) atoms. The molecule has 2 rings (SSSR count). The Hall–Kier alpha value is -1.29. The van der Waals surface area contributed by atoms with E-state index in [1.165, 1.54) is 7.11 Å². The minimum absolute atomic E-state index is 0.233. The highest BCUT2D eigenvalue weighted by atomic mass is 16.5. The molecule has 0 aliphatic carbocycles. The maximum absolute atomic E-state index is 11.5. The van der Waals surface area contributed by atoms with E-state index in [0.29, 0.717) is 0 Å². The topological polar surface area (TPSA) is 54.1 Å². The van der Waals surface area contributed by atoms with Crippen molar-refractivity contribution in [3.63, 3.8) is 0 Å². The van der Waals surface area contributed by atoms with Crippen molar-refractivity contribution in [3.05, 3.63) is 22.5 Å². The average Bonchev–Trinajstić information content (AvgIpc) is 2.74. The molecule has 2 heterocycles. The van der Waals surface area contributed by atoms with Crippen LogP contribution in [0.5, 0.6) is 0 Å². The van der Waals surface area contributed by atoms with Crippen LogP contribution < -0.4 is 5.32 Å². The van der Waals surface area contributed by atoms with E-state index in [-0.39, 0.29) is 5.97 Å². The standard InChI is InChI=1S/C10H14N2O2/c1-3-7-9(10(13)14-2)6-4-11-5-8(6)12-7/h11-12H,3-5H2,1-2H3. The van der Waals surface area contributed by atoms with Crippen LogP contribution in [0.2, 0.25) is 0 Å². The van der Waals surface area contributed by atoms with Crippen LogP contribution in [-0.2, 0) is 24.2 Å². The number of fused-ring (bicyclic) bond motifs is 1. The van der Waals surface area contributed by atoms with Crippen molar-refractivity contribution in [1.82, 2.24) is 10.3 Å². The van der Waals surface area contributed by atoms with Crippen LogP contribution in [0, 0.1) is 0 Å². The van der Waals surface area contributed by atoms with E-state index in [1.54, 1.807) is 0 Å². The highest BCUT2D eigenvalue weighted by Gasteiger charge is 2.25. The highest BCUT2D eigenvalue weighted by Crippen LogP contribution is 2.24. The molecule has 0 fully saturated rings. The van der Waals surface area contributed by atoms with Gasteiger partial charge < -0.3 is 15.0 Å². The van der Waals surface area contributed by atoms with Crippen LogP contribution >= 0.6 is 0 Å². The number of hydrogen-bond donors (Lipinski definition) is 2. The summed E-state index contributed by atoms with van der Waals surface area (Å²) in [5, 5.41) is 3.20. The monoisotopic (exact) mass is 194 g/mol. The molecule has 1 aromatic rings. The third-order valence-electron chi connectivity index (χ3n) is 2.62. The van der Waals surface area contributed by atoms with E-state index >= 15 is 0 Å². The summed E-state index contributed by atoms with van der Waals surface area (Å²) in [7, 11) is 1.42. The van der Waals surface area contributed by atoms with Crippen LogP contribution in [0.1, 0.15) is 34.2 Å². The summed E-state index contributed by atoms with van der Waals surface area (Å²) < 4.78 is 4.78. The Morgan fingerprint density at radius 1 is 1.50 bits per heavy atom. The van der Waals surface area contributed by atoms with Crippen LogP contribution in [0.3, 0.4) is 0 Å². The first kappa shape index (κ1) is 9.27. The van der Waals surface area contributed by atoms with Crippen molar-refractivity contribution in [1.29, 1.82) is 0 Å². The summed E-state index contributed by atoms with van der Waals surface area (Å²) in [4.78, 5) is 14.8. The quantitative estimate of drug-likeness (QED) is 0.690. The molecular weight excluding hydrogens is 180 g/mol. The molecule has 0 amide bonds. The van der Waals surface area contributed by atoms with Gasteiger partial charge in [0.25, 0.3) is 0 Å². The van der Waals surface area contributed by atoms with Gasteiger partial charge in [0, 0.05) is 30.0 Å². The molecule has 0 saturated heterocycles. The number of hydrogen-bond acceptors (Lipinski definition) is 3. The summed E-state index contributed by atoms with van der Waals surface area (Å²) in [6.45, 7) is 3.61. The van der Waals surface area contributed by atoms with Crippen LogP contribution in [0.4, 0.5) is 0 Å².